The van der Waals surface area contributed by atoms with Gasteiger partial charge in [-0.25, -0.2) is 0 Å². The highest BCUT2D eigenvalue weighted by molar-refractivity contribution is 6.00. The number of hydrogen-bond donors (Lipinski definition) is 1. The molecule has 1 N–H and O–H groups in total. The summed E-state index contributed by atoms with van der Waals surface area (Å²) in [5.74, 6) is 0.248. The van der Waals surface area contributed by atoms with Crippen molar-refractivity contribution >= 4 is 11.8 Å². The van der Waals surface area contributed by atoms with E-state index in [-0.39, 0.29) is 29.3 Å². The summed E-state index contributed by atoms with van der Waals surface area (Å²) in [7, 11) is 0. The van der Waals surface area contributed by atoms with E-state index < -0.39 is 5.54 Å². The van der Waals surface area contributed by atoms with Crippen LogP contribution in [0.1, 0.15) is 66.7 Å². The lowest BCUT2D eigenvalue weighted by molar-refractivity contribution is -0.164. The van der Waals surface area contributed by atoms with E-state index in [2.05, 4.69) is 12.2 Å². The Morgan fingerprint density at radius 2 is 1.80 bits per heavy atom. The van der Waals surface area contributed by atoms with E-state index in [0.717, 1.165) is 25.7 Å². The number of rotatable bonds is 3. The van der Waals surface area contributed by atoms with Crippen LogP contribution in [0.3, 0.4) is 0 Å². The van der Waals surface area contributed by atoms with Gasteiger partial charge in [0.15, 0.2) is 0 Å². The second kappa shape index (κ2) is 5.05. The number of nitrogens with one attached hydrogen (secondary N) is 1. The summed E-state index contributed by atoms with van der Waals surface area (Å²) in [6.07, 6.45) is 4.95. The number of hydrogen-bond acceptors (Lipinski definition) is 2. The maximum atomic E-state index is 13.0. The highest BCUT2D eigenvalue weighted by Gasteiger charge is 2.54. The molecule has 0 aromatic carbocycles. The van der Waals surface area contributed by atoms with Gasteiger partial charge in [0.25, 0.3) is 0 Å². The Kier molecular flexibility index (Phi) is 3.87. The van der Waals surface area contributed by atoms with Crippen molar-refractivity contribution in [2.75, 3.05) is 0 Å². The Bertz CT molecular complexity index is 413. The van der Waals surface area contributed by atoms with Crippen LogP contribution in [0, 0.1) is 5.92 Å². The van der Waals surface area contributed by atoms with Crippen LogP contribution in [-0.2, 0) is 9.59 Å². The first-order valence-electron chi connectivity index (χ1n) is 7.91. The normalized spacial score (nSPS) is 33.7. The molecule has 1 heterocycles. The van der Waals surface area contributed by atoms with Gasteiger partial charge in [0.05, 0.1) is 0 Å². The summed E-state index contributed by atoms with van der Waals surface area (Å²) in [6, 6.07) is -0.328. The first-order valence-corrected chi connectivity index (χ1v) is 7.91. The van der Waals surface area contributed by atoms with Gasteiger partial charge in [-0.3, -0.25) is 9.59 Å². The summed E-state index contributed by atoms with van der Waals surface area (Å²) in [5.41, 5.74) is -0.895. The fourth-order valence-corrected chi connectivity index (χ4v) is 3.71. The van der Waals surface area contributed by atoms with Crippen LogP contribution >= 0.6 is 0 Å². The molecule has 0 aromatic heterocycles. The lowest BCUT2D eigenvalue weighted by atomic mass is 9.83. The van der Waals surface area contributed by atoms with Crippen molar-refractivity contribution in [3.8, 4) is 0 Å². The summed E-state index contributed by atoms with van der Waals surface area (Å²) in [5, 5.41) is 2.96. The zero-order chi connectivity index (χ0) is 15.1. The van der Waals surface area contributed by atoms with E-state index >= 15 is 0 Å². The number of piperazine rings is 1. The SMILES string of the molecule is CCC1(C)NC(=O)C(C(C)C)N(C2(C)CCCC2)C1=O. The number of nitrogens with zero attached hydrogens (tertiary/aromatic N) is 1. The van der Waals surface area contributed by atoms with Gasteiger partial charge < -0.3 is 10.2 Å². The Labute approximate surface area is 122 Å². The Balaban J connectivity index is 2.44. The minimum absolute atomic E-state index is 0.0112. The second-order valence-corrected chi connectivity index (χ2v) is 7.24. The van der Waals surface area contributed by atoms with Crippen molar-refractivity contribution < 1.29 is 9.59 Å². The largest absolute Gasteiger partial charge is 0.340 e. The molecule has 2 atom stereocenters. The Morgan fingerprint density at radius 1 is 1.25 bits per heavy atom. The topological polar surface area (TPSA) is 49.4 Å². The summed E-state index contributed by atoms with van der Waals surface area (Å²) in [6.45, 7) is 10.0. The fourth-order valence-electron chi connectivity index (χ4n) is 3.71. The van der Waals surface area contributed by atoms with Crippen molar-refractivity contribution in [3.05, 3.63) is 0 Å². The van der Waals surface area contributed by atoms with Crippen molar-refractivity contribution in [1.29, 1.82) is 0 Å². The summed E-state index contributed by atoms with van der Waals surface area (Å²) < 4.78 is 0. The van der Waals surface area contributed by atoms with Gasteiger partial charge >= 0.3 is 0 Å². The average Bonchev–Trinajstić information content (AvgIpc) is 2.80. The molecule has 1 aliphatic carbocycles. The smallest absolute Gasteiger partial charge is 0.249 e. The van der Waals surface area contributed by atoms with E-state index in [1.165, 1.54) is 0 Å². The predicted octanol–water partition coefficient (Wildman–Crippen LogP) is 2.47. The van der Waals surface area contributed by atoms with Gasteiger partial charge in [0.1, 0.15) is 11.6 Å². The third-order valence-electron chi connectivity index (χ3n) is 5.24. The summed E-state index contributed by atoms with van der Waals surface area (Å²) in [4.78, 5) is 27.5. The van der Waals surface area contributed by atoms with Crippen LogP contribution in [0.5, 0.6) is 0 Å². The molecule has 2 aliphatic rings. The van der Waals surface area contributed by atoms with E-state index in [1.807, 2.05) is 32.6 Å². The first kappa shape index (κ1) is 15.3. The van der Waals surface area contributed by atoms with Crippen molar-refractivity contribution in [2.24, 2.45) is 5.92 Å². The average molecular weight is 280 g/mol. The van der Waals surface area contributed by atoms with E-state index in [0.29, 0.717) is 6.42 Å². The molecule has 4 nitrogen and oxygen atoms in total. The van der Waals surface area contributed by atoms with Gasteiger partial charge in [0.2, 0.25) is 11.8 Å². The molecular weight excluding hydrogens is 252 g/mol. The first-order chi connectivity index (χ1) is 9.25. The lowest BCUT2D eigenvalue weighted by Gasteiger charge is -2.52. The van der Waals surface area contributed by atoms with Crippen LogP contribution in [0.25, 0.3) is 0 Å². The monoisotopic (exact) mass is 280 g/mol. The van der Waals surface area contributed by atoms with Gasteiger partial charge in [-0.1, -0.05) is 33.6 Å². The third-order valence-corrected chi connectivity index (χ3v) is 5.24. The molecule has 0 bridgehead atoms. The number of amides is 2. The van der Waals surface area contributed by atoms with Gasteiger partial charge in [0, 0.05) is 5.54 Å². The van der Waals surface area contributed by atoms with Crippen molar-refractivity contribution in [2.45, 2.75) is 83.8 Å². The highest BCUT2D eigenvalue weighted by Crippen LogP contribution is 2.40. The molecule has 0 radical (unpaired) electrons. The Morgan fingerprint density at radius 3 is 2.25 bits per heavy atom. The van der Waals surface area contributed by atoms with Crippen LogP contribution in [-0.4, -0.2) is 33.8 Å². The molecule has 2 fully saturated rings. The zero-order valence-corrected chi connectivity index (χ0v) is 13.5. The predicted molar refractivity (Wildman–Crippen MR) is 79.2 cm³/mol. The molecule has 4 heteroatoms. The van der Waals surface area contributed by atoms with Gasteiger partial charge in [-0.05, 0) is 39.0 Å². The van der Waals surface area contributed by atoms with Crippen molar-refractivity contribution in [3.63, 3.8) is 0 Å². The summed E-state index contributed by atoms with van der Waals surface area (Å²) >= 11 is 0. The second-order valence-electron chi connectivity index (χ2n) is 7.24. The third kappa shape index (κ3) is 2.23. The molecule has 0 spiro atoms. The van der Waals surface area contributed by atoms with E-state index in [4.69, 9.17) is 0 Å². The molecule has 20 heavy (non-hydrogen) atoms. The molecule has 114 valence electrons. The van der Waals surface area contributed by atoms with E-state index in [1.54, 1.807) is 0 Å². The number of carbonyl (C=O) groups is 2. The number of carbonyl (C=O) groups excluding carboxylic acids is 2. The van der Waals surface area contributed by atoms with Crippen LogP contribution < -0.4 is 5.32 Å². The van der Waals surface area contributed by atoms with Gasteiger partial charge in [-0.15, -0.1) is 0 Å². The van der Waals surface area contributed by atoms with Crippen LogP contribution in [0.4, 0.5) is 0 Å². The molecule has 2 unspecified atom stereocenters. The Hall–Kier alpha value is -1.06. The highest BCUT2D eigenvalue weighted by atomic mass is 16.2. The van der Waals surface area contributed by atoms with Crippen molar-refractivity contribution in [1.82, 2.24) is 10.2 Å². The molecule has 0 aromatic rings. The standard InChI is InChI=1S/C16H28N2O2/c1-6-16(5)14(20)18(15(4)9-7-8-10-15)12(11(2)3)13(19)17-16/h11-12H,6-10H2,1-5H3,(H,17,19). The zero-order valence-electron chi connectivity index (χ0n) is 13.5. The van der Waals surface area contributed by atoms with E-state index in [9.17, 15) is 9.59 Å². The molecule has 2 rings (SSSR count). The molecule has 1 saturated carbocycles. The minimum Gasteiger partial charge on any atom is -0.340 e. The minimum atomic E-state index is -0.742. The lowest BCUT2D eigenvalue weighted by Crippen LogP contribution is -2.74. The maximum absolute atomic E-state index is 13.0. The maximum Gasteiger partial charge on any atom is 0.249 e. The fraction of sp³-hybridized carbons (Fsp3) is 0.875. The molecular formula is C16H28N2O2. The molecule has 2 amide bonds. The van der Waals surface area contributed by atoms with Gasteiger partial charge in [-0.2, -0.15) is 0 Å². The quantitative estimate of drug-likeness (QED) is 0.863. The van der Waals surface area contributed by atoms with Crippen LogP contribution in [0.2, 0.25) is 0 Å². The molecule has 1 saturated heterocycles. The van der Waals surface area contributed by atoms with Crippen LogP contribution in [0.15, 0.2) is 0 Å². The molecule has 1 aliphatic heterocycles.